The monoisotopic (exact) mass is 344 g/mol. The smallest absolute Gasteiger partial charge is 0.228 e. The first-order valence-corrected chi connectivity index (χ1v) is 9.24. The Morgan fingerprint density at radius 2 is 1.88 bits per heavy atom. The lowest BCUT2D eigenvalue weighted by atomic mass is 10.0. The lowest BCUT2D eigenvalue weighted by molar-refractivity contribution is -0.115. The Balaban J connectivity index is 1.49. The Morgan fingerprint density at radius 1 is 1.12 bits per heavy atom. The van der Waals surface area contributed by atoms with Gasteiger partial charge in [0.25, 0.3) is 0 Å². The molecular formula is C23H24N2O. The highest BCUT2D eigenvalue weighted by Crippen LogP contribution is 2.51. The normalized spacial score (nSPS) is 21.5. The van der Waals surface area contributed by atoms with Gasteiger partial charge in [0, 0.05) is 17.1 Å². The quantitative estimate of drug-likeness (QED) is 0.710. The molecule has 3 N–H and O–H groups in total. The summed E-state index contributed by atoms with van der Waals surface area (Å²) >= 11 is 0. The summed E-state index contributed by atoms with van der Waals surface area (Å²) in [7, 11) is 0. The van der Waals surface area contributed by atoms with Gasteiger partial charge in [0.1, 0.15) is 0 Å². The van der Waals surface area contributed by atoms with Gasteiger partial charge in [-0.25, -0.2) is 0 Å². The molecule has 0 spiro atoms. The average Bonchev–Trinajstić information content (AvgIpc) is 3.35. The van der Waals surface area contributed by atoms with Gasteiger partial charge in [-0.15, -0.1) is 0 Å². The Kier molecular flexibility index (Phi) is 4.25. The number of hydrogen-bond acceptors (Lipinski definition) is 2. The van der Waals surface area contributed by atoms with Crippen LogP contribution in [0.1, 0.15) is 36.8 Å². The number of benzene rings is 3. The average molecular weight is 344 g/mol. The second kappa shape index (κ2) is 6.58. The second-order valence-electron chi connectivity index (χ2n) is 7.33. The number of nitrogens with one attached hydrogen (secondary N) is 1. The molecule has 1 fully saturated rings. The summed E-state index contributed by atoms with van der Waals surface area (Å²) in [6.45, 7) is 2.13. The van der Waals surface area contributed by atoms with Crippen molar-refractivity contribution in [2.75, 3.05) is 5.32 Å². The van der Waals surface area contributed by atoms with Crippen LogP contribution in [0.3, 0.4) is 0 Å². The van der Waals surface area contributed by atoms with E-state index in [0.29, 0.717) is 12.3 Å². The maximum absolute atomic E-state index is 12.6. The lowest BCUT2D eigenvalue weighted by Crippen LogP contribution is -2.22. The van der Waals surface area contributed by atoms with Crippen LogP contribution in [-0.2, 0) is 11.2 Å². The number of rotatable bonds is 5. The van der Waals surface area contributed by atoms with Gasteiger partial charge in [-0.2, -0.15) is 0 Å². The fraction of sp³-hybridized carbons (Fsp3) is 0.261. The van der Waals surface area contributed by atoms with Crippen molar-refractivity contribution in [3.63, 3.8) is 0 Å². The minimum absolute atomic E-state index is 0.00352. The van der Waals surface area contributed by atoms with Crippen LogP contribution in [0.2, 0.25) is 0 Å². The Hall–Kier alpha value is -2.65. The number of anilines is 1. The lowest BCUT2D eigenvalue weighted by Gasteiger charge is -2.11. The number of carbonyl (C=O) groups excluding carboxylic acids is 1. The maximum atomic E-state index is 12.6. The molecule has 26 heavy (non-hydrogen) atoms. The fourth-order valence-corrected chi connectivity index (χ4v) is 3.82. The Labute approximate surface area is 154 Å². The summed E-state index contributed by atoms with van der Waals surface area (Å²) in [6.07, 6.45) is 2.37. The predicted molar refractivity (Wildman–Crippen MR) is 107 cm³/mol. The molecule has 1 aliphatic rings. The topological polar surface area (TPSA) is 55.1 Å². The number of nitrogens with two attached hydrogens (primary N) is 1. The number of hydrogen-bond donors (Lipinski definition) is 2. The van der Waals surface area contributed by atoms with Crippen LogP contribution in [0.15, 0.2) is 66.7 Å². The van der Waals surface area contributed by atoms with Gasteiger partial charge in [-0.05, 0) is 46.9 Å². The van der Waals surface area contributed by atoms with Crippen molar-refractivity contribution >= 4 is 22.4 Å². The minimum atomic E-state index is -0.0639. The van der Waals surface area contributed by atoms with Crippen LogP contribution in [0.5, 0.6) is 0 Å². The summed E-state index contributed by atoms with van der Waals surface area (Å²) in [6, 6.07) is 22.4. The molecule has 0 radical (unpaired) electrons. The van der Waals surface area contributed by atoms with E-state index in [1.165, 1.54) is 5.56 Å². The molecule has 1 amide bonds. The third kappa shape index (κ3) is 3.23. The van der Waals surface area contributed by atoms with Crippen LogP contribution < -0.4 is 11.1 Å². The van der Waals surface area contributed by atoms with Crippen LogP contribution >= 0.6 is 0 Å². The van der Waals surface area contributed by atoms with E-state index < -0.39 is 0 Å². The van der Waals surface area contributed by atoms with Crippen molar-refractivity contribution in [3.05, 3.63) is 77.9 Å². The van der Waals surface area contributed by atoms with E-state index >= 15 is 0 Å². The van der Waals surface area contributed by atoms with Gasteiger partial charge in [0.2, 0.25) is 5.91 Å². The van der Waals surface area contributed by atoms with Crippen LogP contribution in [-0.4, -0.2) is 11.4 Å². The van der Waals surface area contributed by atoms with Gasteiger partial charge in [-0.3, -0.25) is 4.79 Å². The molecule has 0 aliphatic heterocycles. The molecule has 0 bridgehead atoms. The van der Waals surface area contributed by atoms with Crippen LogP contribution in [0.25, 0.3) is 10.8 Å². The molecule has 0 heterocycles. The standard InChI is InChI=1S/C23H24N2O/c1-2-23(24)15-21(23)18-10-6-11-19(13-18)25-22(26)14-17-9-5-8-16-7-3-4-12-20(16)17/h3-13,21H,2,14-15,24H2,1H3,(H,25,26). The molecular weight excluding hydrogens is 320 g/mol. The molecule has 132 valence electrons. The highest BCUT2D eigenvalue weighted by atomic mass is 16.1. The van der Waals surface area contributed by atoms with Crippen molar-refractivity contribution in [1.29, 1.82) is 0 Å². The largest absolute Gasteiger partial charge is 0.326 e. The molecule has 0 aromatic heterocycles. The molecule has 3 aromatic carbocycles. The van der Waals surface area contributed by atoms with Crippen LogP contribution in [0.4, 0.5) is 5.69 Å². The maximum Gasteiger partial charge on any atom is 0.228 e. The first-order valence-electron chi connectivity index (χ1n) is 9.24. The number of fused-ring (bicyclic) bond motifs is 1. The van der Waals surface area contributed by atoms with E-state index in [-0.39, 0.29) is 11.4 Å². The molecule has 2 atom stereocenters. The van der Waals surface area contributed by atoms with E-state index in [9.17, 15) is 4.79 Å². The first kappa shape index (κ1) is 16.8. The summed E-state index contributed by atoms with van der Waals surface area (Å²) in [5, 5.41) is 5.34. The molecule has 3 aromatic rings. The fourth-order valence-electron chi connectivity index (χ4n) is 3.82. The molecule has 0 saturated heterocycles. The molecule has 2 unspecified atom stereocenters. The van der Waals surface area contributed by atoms with Crippen molar-refractivity contribution < 1.29 is 4.79 Å². The van der Waals surface area contributed by atoms with E-state index in [0.717, 1.165) is 34.9 Å². The third-order valence-electron chi connectivity index (χ3n) is 5.58. The minimum Gasteiger partial charge on any atom is -0.326 e. The van der Waals surface area contributed by atoms with Crippen molar-refractivity contribution in [2.45, 2.75) is 37.6 Å². The Bertz CT molecular complexity index is 960. The molecule has 1 aliphatic carbocycles. The number of carbonyl (C=O) groups is 1. The zero-order valence-corrected chi connectivity index (χ0v) is 15.0. The highest BCUT2D eigenvalue weighted by molar-refractivity contribution is 5.96. The summed E-state index contributed by atoms with van der Waals surface area (Å²) in [5.74, 6) is 0.409. The van der Waals surface area contributed by atoms with Gasteiger partial charge >= 0.3 is 0 Å². The molecule has 3 heteroatoms. The van der Waals surface area contributed by atoms with Gasteiger partial charge in [-0.1, -0.05) is 61.5 Å². The summed E-state index contributed by atoms with van der Waals surface area (Å²) in [5.41, 5.74) is 9.39. The van der Waals surface area contributed by atoms with Gasteiger partial charge < -0.3 is 11.1 Å². The highest BCUT2D eigenvalue weighted by Gasteiger charge is 2.49. The number of amides is 1. The van der Waals surface area contributed by atoms with E-state index in [2.05, 4.69) is 42.6 Å². The zero-order valence-electron chi connectivity index (χ0n) is 15.0. The molecule has 1 saturated carbocycles. The summed E-state index contributed by atoms with van der Waals surface area (Å²) in [4.78, 5) is 12.6. The summed E-state index contributed by atoms with van der Waals surface area (Å²) < 4.78 is 0. The predicted octanol–water partition coefficient (Wildman–Crippen LogP) is 4.62. The van der Waals surface area contributed by atoms with Gasteiger partial charge in [0.05, 0.1) is 6.42 Å². The second-order valence-corrected chi connectivity index (χ2v) is 7.33. The van der Waals surface area contributed by atoms with Crippen molar-refractivity contribution in [3.8, 4) is 0 Å². The van der Waals surface area contributed by atoms with Gasteiger partial charge in [0.15, 0.2) is 0 Å². The van der Waals surface area contributed by atoms with Crippen molar-refractivity contribution in [2.24, 2.45) is 5.73 Å². The van der Waals surface area contributed by atoms with E-state index in [4.69, 9.17) is 5.73 Å². The third-order valence-corrected chi connectivity index (χ3v) is 5.58. The first-order chi connectivity index (χ1) is 12.6. The molecule has 3 nitrogen and oxygen atoms in total. The van der Waals surface area contributed by atoms with Crippen molar-refractivity contribution in [1.82, 2.24) is 0 Å². The Morgan fingerprint density at radius 3 is 2.69 bits per heavy atom. The van der Waals surface area contributed by atoms with E-state index in [1.807, 2.05) is 36.4 Å². The zero-order chi connectivity index (χ0) is 18.1. The molecule has 4 rings (SSSR count). The van der Waals surface area contributed by atoms with Crippen LogP contribution in [0, 0.1) is 0 Å². The SMILES string of the molecule is CCC1(N)CC1c1cccc(NC(=O)Cc2cccc3ccccc23)c1. The van der Waals surface area contributed by atoms with E-state index in [1.54, 1.807) is 0 Å².